The first-order chi connectivity index (χ1) is 13.2. The molecule has 1 heterocycles. The highest BCUT2D eigenvalue weighted by molar-refractivity contribution is 7.92. The van der Waals surface area contributed by atoms with Crippen molar-refractivity contribution in [1.82, 2.24) is 4.31 Å². The molecule has 0 aromatic heterocycles. The SMILES string of the molecule is COc1ccc(S(=O)(=O)C2CCN(S(=O)(=O)c3ccc(F)cc3C)CC2)cc1. The summed E-state index contributed by atoms with van der Waals surface area (Å²) in [4.78, 5) is 0.245. The largest absolute Gasteiger partial charge is 0.497 e. The van der Waals surface area contributed by atoms with Gasteiger partial charge in [0, 0.05) is 13.1 Å². The van der Waals surface area contributed by atoms with Crippen LogP contribution in [0.3, 0.4) is 0 Å². The van der Waals surface area contributed by atoms with E-state index in [1.54, 1.807) is 12.1 Å². The van der Waals surface area contributed by atoms with Crippen molar-refractivity contribution >= 4 is 19.9 Å². The quantitative estimate of drug-likeness (QED) is 0.733. The van der Waals surface area contributed by atoms with Crippen molar-refractivity contribution in [3.05, 3.63) is 53.8 Å². The number of ether oxygens (including phenoxy) is 1. The fourth-order valence-corrected chi connectivity index (χ4v) is 6.79. The van der Waals surface area contributed by atoms with E-state index in [1.807, 2.05) is 0 Å². The molecule has 152 valence electrons. The molecule has 0 bridgehead atoms. The van der Waals surface area contributed by atoms with E-state index in [1.165, 1.54) is 42.6 Å². The smallest absolute Gasteiger partial charge is 0.243 e. The van der Waals surface area contributed by atoms with Gasteiger partial charge in [-0.25, -0.2) is 21.2 Å². The third kappa shape index (κ3) is 3.92. The zero-order chi connectivity index (χ0) is 20.5. The highest BCUT2D eigenvalue weighted by Gasteiger charge is 2.36. The summed E-state index contributed by atoms with van der Waals surface area (Å²) in [6.45, 7) is 1.73. The van der Waals surface area contributed by atoms with Gasteiger partial charge in [0.2, 0.25) is 10.0 Å². The van der Waals surface area contributed by atoms with Crippen LogP contribution in [0.25, 0.3) is 0 Å². The van der Waals surface area contributed by atoms with Gasteiger partial charge in [-0.15, -0.1) is 0 Å². The minimum atomic E-state index is -3.80. The van der Waals surface area contributed by atoms with Gasteiger partial charge in [0.25, 0.3) is 0 Å². The number of sulfone groups is 1. The van der Waals surface area contributed by atoms with Gasteiger partial charge in [-0.1, -0.05) is 0 Å². The molecule has 1 aliphatic heterocycles. The normalized spacial score (nSPS) is 16.8. The van der Waals surface area contributed by atoms with Crippen molar-refractivity contribution in [3.8, 4) is 5.75 Å². The lowest BCUT2D eigenvalue weighted by molar-refractivity contribution is 0.345. The molecule has 1 saturated heterocycles. The van der Waals surface area contributed by atoms with Crippen LogP contribution < -0.4 is 4.74 Å². The Bertz CT molecular complexity index is 1060. The van der Waals surface area contributed by atoms with Gasteiger partial charge < -0.3 is 4.74 Å². The van der Waals surface area contributed by atoms with Crippen LogP contribution in [0, 0.1) is 12.7 Å². The molecule has 0 atom stereocenters. The summed E-state index contributed by atoms with van der Waals surface area (Å²) >= 11 is 0. The Morgan fingerprint density at radius 1 is 1.00 bits per heavy atom. The molecule has 2 aromatic carbocycles. The lowest BCUT2D eigenvalue weighted by atomic mass is 10.2. The van der Waals surface area contributed by atoms with Crippen LogP contribution in [0.15, 0.2) is 52.3 Å². The van der Waals surface area contributed by atoms with Crippen LogP contribution in [0.1, 0.15) is 18.4 Å². The second-order valence-electron chi connectivity index (χ2n) is 6.73. The lowest BCUT2D eigenvalue weighted by Gasteiger charge is -2.31. The number of piperidine rings is 1. The van der Waals surface area contributed by atoms with E-state index in [2.05, 4.69) is 0 Å². The van der Waals surface area contributed by atoms with Crippen LogP contribution >= 0.6 is 0 Å². The monoisotopic (exact) mass is 427 g/mol. The number of nitrogens with zero attached hydrogens (tertiary/aromatic N) is 1. The highest BCUT2D eigenvalue weighted by Crippen LogP contribution is 2.29. The molecule has 9 heteroatoms. The lowest BCUT2D eigenvalue weighted by Crippen LogP contribution is -2.42. The first kappa shape index (κ1) is 20.8. The van der Waals surface area contributed by atoms with Gasteiger partial charge in [0.05, 0.1) is 22.2 Å². The summed E-state index contributed by atoms with van der Waals surface area (Å²) in [5.41, 5.74) is 0.327. The molecule has 0 spiro atoms. The first-order valence-electron chi connectivity index (χ1n) is 8.80. The maximum atomic E-state index is 13.3. The Balaban J connectivity index is 1.76. The molecular weight excluding hydrogens is 405 g/mol. The Hall–Kier alpha value is -1.97. The first-order valence-corrected chi connectivity index (χ1v) is 11.8. The van der Waals surface area contributed by atoms with Crippen LogP contribution in [0.4, 0.5) is 4.39 Å². The van der Waals surface area contributed by atoms with E-state index in [-0.39, 0.29) is 35.7 Å². The Kier molecular flexibility index (Phi) is 5.79. The number of hydrogen-bond donors (Lipinski definition) is 0. The molecular formula is C19H22FNO5S2. The van der Waals surface area contributed by atoms with E-state index in [4.69, 9.17) is 4.74 Å². The number of hydrogen-bond acceptors (Lipinski definition) is 5. The summed E-state index contributed by atoms with van der Waals surface area (Å²) in [5.74, 6) is 0.0651. The predicted molar refractivity (Wildman–Crippen MR) is 103 cm³/mol. The van der Waals surface area contributed by atoms with Gasteiger partial charge >= 0.3 is 0 Å². The molecule has 0 N–H and O–H groups in total. The van der Waals surface area contributed by atoms with Crippen molar-refractivity contribution in [2.24, 2.45) is 0 Å². The molecule has 0 unspecified atom stereocenters. The van der Waals surface area contributed by atoms with Gasteiger partial charge in [0.15, 0.2) is 9.84 Å². The van der Waals surface area contributed by atoms with Crippen LogP contribution in [0.5, 0.6) is 5.75 Å². The van der Waals surface area contributed by atoms with Crippen LogP contribution in [0.2, 0.25) is 0 Å². The molecule has 1 fully saturated rings. The van der Waals surface area contributed by atoms with Crippen LogP contribution in [-0.4, -0.2) is 46.6 Å². The van der Waals surface area contributed by atoms with E-state index >= 15 is 0 Å². The van der Waals surface area contributed by atoms with E-state index in [9.17, 15) is 21.2 Å². The van der Waals surface area contributed by atoms with E-state index in [0.29, 0.717) is 11.3 Å². The van der Waals surface area contributed by atoms with Gasteiger partial charge in [-0.3, -0.25) is 0 Å². The maximum Gasteiger partial charge on any atom is 0.243 e. The average molecular weight is 428 g/mol. The van der Waals surface area contributed by atoms with Gasteiger partial charge in [-0.2, -0.15) is 4.31 Å². The Morgan fingerprint density at radius 2 is 1.61 bits per heavy atom. The molecule has 0 radical (unpaired) electrons. The molecule has 28 heavy (non-hydrogen) atoms. The average Bonchev–Trinajstić information content (AvgIpc) is 2.68. The molecule has 0 saturated carbocycles. The highest BCUT2D eigenvalue weighted by atomic mass is 32.2. The third-order valence-electron chi connectivity index (χ3n) is 4.98. The number of methoxy groups -OCH3 is 1. The molecule has 3 rings (SSSR count). The molecule has 2 aromatic rings. The minimum absolute atomic E-state index is 0.0466. The number of aryl methyl sites for hydroxylation is 1. The fraction of sp³-hybridized carbons (Fsp3) is 0.368. The van der Waals surface area contributed by atoms with Crippen molar-refractivity contribution < 1.29 is 26.0 Å². The Labute approximate surface area is 164 Å². The number of rotatable bonds is 5. The van der Waals surface area contributed by atoms with Crippen LogP contribution in [-0.2, 0) is 19.9 Å². The molecule has 0 amide bonds. The summed E-state index contributed by atoms with van der Waals surface area (Å²) in [6.07, 6.45) is 0.404. The maximum absolute atomic E-state index is 13.3. The second-order valence-corrected chi connectivity index (χ2v) is 10.9. The van der Waals surface area contributed by atoms with Crippen molar-refractivity contribution in [2.45, 2.75) is 34.8 Å². The number of halogens is 1. The summed E-state index contributed by atoms with van der Waals surface area (Å²) < 4.78 is 71.0. The van der Waals surface area contributed by atoms with Crippen molar-refractivity contribution in [1.29, 1.82) is 0 Å². The second kappa shape index (κ2) is 7.81. The standard InChI is InChI=1S/C19H22FNO5S2/c1-14-13-15(20)3-8-19(14)28(24,25)21-11-9-18(10-12-21)27(22,23)17-6-4-16(26-2)5-7-17/h3-8,13,18H,9-12H2,1-2H3. The predicted octanol–water partition coefficient (Wildman–Crippen LogP) is 2.77. The van der Waals surface area contributed by atoms with Gasteiger partial charge in [0.1, 0.15) is 11.6 Å². The van der Waals surface area contributed by atoms with Crippen molar-refractivity contribution in [2.75, 3.05) is 20.2 Å². The number of benzene rings is 2. The molecule has 6 nitrogen and oxygen atoms in total. The van der Waals surface area contributed by atoms with Gasteiger partial charge in [-0.05, 0) is 67.8 Å². The van der Waals surface area contributed by atoms with E-state index in [0.717, 1.165) is 6.07 Å². The topological polar surface area (TPSA) is 80.8 Å². The zero-order valence-corrected chi connectivity index (χ0v) is 17.3. The summed E-state index contributed by atoms with van der Waals surface area (Å²) in [6, 6.07) is 9.71. The molecule has 0 aliphatic carbocycles. The Morgan fingerprint density at radius 3 is 2.14 bits per heavy atom. The zero-order valence-electron chi connectivity index (χ0n) is 15.6. The fourth-order valence-electron chi connectivity index (χ4n) is 3.38. The molecule has 1 aliphatic rings. The summed E-state index contributed by atoms with van der Waals surface area (Å²) in [5, 5.41) is -0.651. The number of sulfonamides is 1. The van der Waals surface area contributed by atoms with Crippen molar-refractivity contribution in [3.63, 3.8) is 0 Å². The summed E-state index contributed by atoms with van der Waals surface area (Å²) in [7, 11) is -5.86. The minimum Gasteiger partial charge on any atom is -0.497 e. The third-order valence-corrected chi connectivity index (χ3v) is 9.32. The van der Waals surface area contributed by atoms with E-state index < -0.39 is 30.9 Å².